The van der Waals surface area contributed by atoms with E-state index in [9.17, 15) is 4.79 Å². The molecule has 0 aliphatic carbocycles. The molecule has 1 aromatic carbocycles. The monoisotopic (exact) mass is 346 g/mol. The number of piperidine rings is 1. The van der Waals surface area contributed by atoms with E-state index in [4.69, 9.17) is 16.3 Å². The molecule has 1 aliphatic heterocycles. The molecule has 1 amide bonds. The standard InChI is InChI=1S/C16H23ClN2O2.ClH/c1-11(12-4-3-7-18-10-12)8-16(20)19-13-5-6-15(21-2)14(17)9-13;/h5-6,9,11-12,18H,3-4,7-8,10H2,1-2H3,(H,19,20);1H. The number of nitrogens with one attached hydrogen (secondary N) is 2. The van der Waals surface area contributed by atoms with Gasteiger partial charge in [-0.15, -0.1) is 12.4 Å². The largest absolute Gasteiger partial charge is 0.495 e. The van der Waals surface area contributed by atoms with Crippen LogP contribution >= 0.6 is 24.0 Å². The van der Waals surface area contributed by atoms with Crippen molar-refractivity contribution in [2.45, 2.75) is 26.2 Å². The molecule has 2 atom stereocenters. The lowest BCUT2D eigenvalue weighted by Gasteiger charge is -2.28. The van der Waals surface area contributed by atoms with Gasteiger partial charge in [-0.1, -0.05) is 18.5 Å². The molecule has 22 heavy (non-hydrogen) atoms. The smallest absolute Gasteiger partial charge is 0.224 e. The van der Waals surface area contributed by atoms with Crippen molar-refractivity contribution in [3.05, 3.63) is 23.2 Å². The lowest BCUT2D eigenvalue weighted by Crippen LogP contribution is -2.34. The van der Waals surface area contributed by atoms with Crippen LogP contribution in [0.4, 0.5) is 5.69 Å². The highest BCUT2D eigenvalue weighted by molar-refractivity contribution is 6.32. The van der Waals surface area contributed by atoms with Gasteiger partial charge in [-0.2, -0.15) is 0 Å². The molecule has 6 heteroatoms. The average molecular weight is 347 g/mol. The van der Waals surface area contributed by atoms with Crippen molar-refractivity contribution in [1.82, 2.24) is 5.32 Å². The molecule has 1 aromatic rings. The Hall–Kier alpha value is -0.970. The lowest BCUT2D eigenvalue weighted by molar-refractivity contribution is -0.117. The van der Waals surface area contributed by atoms with Crippen LogP contribution in [-0.2, 0) is 4.79 Å². The van der Waals surface area contributed by atoms with Crippen LogP contribution in [0.3, 0.4) is 0 Å². The zero-order valence-corrected chi connectivity index (χ0v) is 14.6. The normalized spacial score (nSPS) is 19.0. The van der Waals surface area contributed by atoms with Crippen LogP contribution in [0.15, 0.2) is 18.2 Å². The zero-order valence-electron chi connectivity index (χ0n) is 13.0. The van der Waals surface area contributed by atoms with E-state index in [0.717, 1.165) is 13.1 Å². The molecule has 2 N–H and O–H groups in total. The molecule has 2 unspecified atom stereocenters. The molecule has 2 rings (SSSR count). The Morgan fingerprint density at radius 2 is 2.32 bits per heavy atom. The van der Waals surface area contributed by atoms with Gasteiger partial charge in [-0.05, 0) is 56.0 Å². The van der Waals surface area contributed by atoms with Crippen molar-refractivity contribution >= 4 is 35.6 Å². The first-order valence-electron chi connectivity index (χ1n) is 7.44. The topological polar surface area (TPSA) is 50.4 Å². The number of carbonyl (C=O) groups is 1. The molecule has 4 nitrogen and oxygen atoms in total. The van der Waals surface area contributed by atoms with Crippen LogP contribution < -0.4 is 15.4 Å². The van der Waals surface area contributed by atoms with Crippen LogP contribution in [-0.4, -0.2) is 26.1 Å². The second-order valence-corrected chi connectivity index (χ2v) is 6.09. The number of methoxy groups -OCH3 is 1. The van der Waals surface area contributed by atoms with Crippen molar-refractivity contribution in [1.29, 1.82) is 0 Å². The number of rotatable bonds is 5. The fourth-order valence-electron chi connectivity index (χ4n) is 2.78. The minimum absolute atomic E-state index is 0. The Morgan fingerprint density at radius 3 is 2.91 bits per heavy atom. The summed E-state index contributed by atoms with van der Waals surface area (Å²) >= 11 is 6.06. The Morgan fingerprint density at radius 1 is 1.55 bits per heavy atom. The van der Waals surface area contributed by atoms with Gasteiger partial charge in [-0.25, -0.2) is 0 Å². The zero-order chi connectivity index (χ0) is 15.2. The summed E-state index contributed by atoms with van der Waals surface area (Å²) in [6.07, 6.45) is 2.94. The summed E-state index contributed by atoms with van der Waals surface area (Å²) in [4.78, 5) is 12.1. The third-order valence-electron chi connectivity index (χ3n) is 4.08. The predicted octanol–water partition coefficient (Wildman–Crippen LogP) is 3.73. The second-order valence-electron chi connectivity index (χ2n) is 5.69. The van der Waals surface area contributed by atoms with E-state index < -0.39 is 0 Å². The molecular weight excluding hydrogens is 323 g/mol. The molecule has 1 fully saturated rings. The highest BCUT2D eigenvalue weighted by Crippen LogP contribution is 2.28. The fraction of sp³-hybridized carbons (Fsp3) is 0.562. The first kappa shape index (κ1) is 19.1. The SMILES string of the molecule is COc1ccc(NC(=O)CC(C)C2CCCNC2)cc1Cl.Cl. The number of benzene rings is 1. The van der Waals surface area contributed by atoms with Gasteiger partial charge in [0.25, 0.3) is 0 Å². The first-order valence-corrected chi connectivity index (χ1v) is 7.82. The Labute approximate surface area is 143 Å². The van der Waals surface area contributed by atoms with Gasteiger partial charge in [-0.3, -0.25) is 4.79 Å². The number of halogens is 2. The van der Waals surface area contributed by atoms with E-state index in [-0.39, 0.29) is 18.3 Å². The second kappa shape index (κ2) is 9.23. The van der Waals surface area contributed by atoms with Crippen LogP contribution in [0.2, 0.25) is 5.02 Å². The highest BCUT2D eigenvalue weighted by Gasteiger charge is 2.22. The lowest BCUT2D eigenvalue weighted by atomic mass is 9.85. The molecule has 0 bridgehead atoms. The van der Waals surface area contributed by atoms with Gasteiger partial charge >= 0.3 is 0 Å². The van der Waals surface area contributed by atoms with Gasteiger partial charge < -0.3 is 15.4 Å². The third kappa shape index (κ3) is 5.34. The maximum Gasteiger partial charge on any atom is 0.224 e. The Bertz CT molecular complexity index is 491. The number of carbonyl (C=O) groups excluding carboxylic acids is 1. The summed E-state index contributed by atoms with van der Waals surface area (Å²) in [5, 5.41) is 6.80. The van der Waals surface area contributed by atoms with E-state index in [1.807, 2.05) is 0 Å². The van der Waals surface area contributed by atoms with Crippen molar-refractivity contribution in [3.63, 3.8) is 0 Å². The van der Waals surface area contributed by atoms with E-state index in [0.29, 0.717) is 34.7 Å². The van der Waals surface area contributed by atoms with Crippen molar-refractivity contribution in [2.75, 3.05) is 25.5 Å². The summed E-state index contributed by atoms with van der Waals surface area (Å²) in [6, 6.07) is 5.27. The van der Waals surface area contributed by atoms with Crippen molar-refractivity contribution in [3.8, 4) is 5.75 Å². The van der Waals surface area contributed by atoms with E-state index in [2.05, 4.69) is 17.6 Å². The molecule has 0 aromatic heterocycles. The fourth-order valence-corrected chi connectivity index (χ4v) is 3.04. The Kier molecular flexibility index (Phi) is 8.01. The van der Waals surface area contributed by atoms with Gasteiger partial charge in [0, 0.05) is 12.1 Å². The summed E-state index contributed by atoms with van der Waals surface area (Å²) in [7, 11) is 1.57. The predicted molar refractivity (Wildman–Crippen MR) is 93.3 cm³/mol. The highest BCUT2D eigenvalue weighted by atomic mass is 35.5. The Balaban J connectivity index is 0.00000242. The molecule has 124 valence electrons. The van der Waals surface area contributed by atoms with E-state index in [1.165, 1.54) is 12.8 Å². The summed E-state index contributed by atoms with van der Waals surface area (Å²) in [5.41, 5.74) is 0.708. The summed E-state index contributed by atoms with van der Waals surface area (Å²) in [5.74, 6) is 1.61. The number of hydrogen-bond acceptors (Lipinski definition) is 3. The molecule has 1 aliphatic rings. The minimum Gasteiger partial charge on any atom is -0.495 e. The third-order valence-corrected chi connectivity index (χ3v) is 4.38. The molecule has 0 radical (unpaired) electrons. The molecule has 0 saturated carbocycles. The summed E-state index contributed by atoms with van der Waals surface area (Å²) < 4.78 is 5.10. The molecular formula is C16H24Cl2N2O2. The first-order chi connectivity index (χ1) is 10.1. The van der Waals surface area contributed by atoms with Gasteiger partial charge in [0.15, 0.2) is 0 Å². The average Bonchev–Trinajstić information content (AvgIpc) is 2.48. The van der Waals surface area contributed by atoms with Gasteiger partial charge in [0.1, 0.15) is 5.75 Å². The van der Waals surface area contributed by atoms with Gasteiger partial charge in [0.2, 0.25) is 5.91 Å². The summed E-state index contributed by atoms with van der Waals surface area (Å²) in [6.45, 7) is 4.26. The van der Waals surface area contributed by atoms with Crippen LogP contribution in [0, 0.1) is 11.8 Å². The number of anilines is 1. The van der Waals surface area contributed by atoms with Gasteiger partial charge in [0.05, 0.1) is 12.1 Å². The van der Waals surface area contributed by atoms with Crippen LogP contribution in [0.1, 0.15) is 26.2 Å². The van der Waals surface area contributed by atoms with Crippen molar-refractivity contribution < 1.29 is 9.53 Å². The molecule has 0 spiro atoms. The maximum atomic E-state index is 12.1. The number of hydrogen-bond donors (Lipinski definition) is 2. The number of ether oxygens (including phenoxy) is 1. The quantitative estimate of drug-likeness (QED) is 0.853. The van der Waals surface area contributed by atoms with Crippen LogP contribution in [0.5, 0.6) is 5.75 Å². The van der Waals surface area contributed by atoms with Crippen molar-refractivity contribution in [2.24, 2.45) is 11.8 Å². The maximum absolute atomic E-state index is 12.1. The van der Waals surface area contributed by atoms with E-state index >= 15 is 0 Å². The molecule has 1 heterocycles. The number of amides is 1. The minimum atomic E-state index is 0. The van der Waals surface area contributed by atoms with E-state index in [1.54, 1.807) is 25.3 Å². The van der Waals surface area contributed by atoms with Crippen LogP contribution in [0.25, 0.3) is 0 Å². The molecule has 1 saturated heterocycles.